The predicted molar refractivity (Wildman–Crippen MR) is 89.0 cm³/mol. The molecule has 0 aromatic heterocycles. The Bertz CT molecular complexity index is 296. The van der Waals surface area contributed by atoms with E-state index in [4.69, 9.17) is 9.47 Å². The number of unbranched alkanes of at least 4 members (excludes halogenated alkanes) is 1. The highest BCUT2D eigenvalue weighted by Gasteiger charge is 2.23. The van der Waals surface area contributed by atoms with Crippen LogP contribution in [0.4, 0.5) is 4.79 Å². The van der Waals surface area contributed by atoms with Crippen LogP contribution in [0, 0.1) is 5.92 Å². The Morgan fingerprint density at radius 1 is 1.19 bits per heavy atom. The van der Waals surface area contributed by atoms with Gasteiger partial charge < -0.3 is 14.8 Å². The smallest absolute Gasteiger partial charge is 0.407 e. The van der Waals surface area contributed by atoms with Crippen molar-refractivity contribution in [3.63, 3.8) is 0 Å². The lowest BCUT2D eigenvalue weighted by atomic mass is 9.87. The van der Waals surface area contributed by atoms with Crippen LogP contribution in [0.1, 0.15) is 59.3 Å². The first kappa shape index (κ1) is 18.8. The van der Waals surface area contributed by atoms with Gasteiger partial charge in [0.2, 0.25) is 0 Å². The van der Waals surface area contributed by atoms with Gasteiger partial charge in [0.15, 0.2) is 0 Å². The minimum atomic E-state index is -0.426. The molecule has 1 saturated carbocycles. The Hall–Kier alpha value is -0.290. The zero-order chi connectivity index (χ0) is 15.7. The molecule has 0 spiro atoms. The van der Waals surface area contributed by atoms with Gasteiger partial charge in [0, 0.05) is 18.5 Å². The highest BCUT2D eigenvalue weighted by molar-refractivity contribution is 9.09. The number of carbonyl (C=O) groups excluding carboxylic acids is 1. The Kier molecular flexibility index (Phi) is 8.64. The second-order valence-corrected chi connectivity index (χ2v) is 7.59. The topological polar surface area (TPSA) is 47.6 Å². The van der Waals surface area contributed by atoms with Gasteiger partial charge in [-0.1, -0.05) is 15.9 Å². The van der Waals surface area contributed by atoms with Crippen LogP contribution in [0.3, 0.4) is 0 Å². The number of hydrogen-bond acceptors (Lipinski definition) is 3. The molecule has 0 aromatic carbocycles. The molecule has 0 aliphatic heterocycles. The van der Waals surface area contributed by atoms with Crippen LogP contribution in [0.15, 0.2) is 0 Å². The number of halogens is 1. The lowest BCUT2D eigenvalue weighted by molar-refractivity contribution is 0.0160. The van der Waals surface area contributed by atoms with Crippen LogP contribution >= 0.6 is 15.9 Å². The number of amides is 1. The summed E-state index contributed by atoms with van der Waals surface area (Å²) >= 11 is 3.43. The van der Waals surface area contributed by atoms with Crippen molar-refractivity contribution in [2.45, 2.75) is 71.0 Å². The van der Waals surface area contributed by atoms with Crippen molar-refractivity contribution in [2.75, 3.05) is 18.5 Å². The van der Waals surface area contributed by atoms with E-state index in [9.17, 15) is 4.79 Å². The summed E-state index contributed by atoms with van der Waals surface area (Å²) in [5.74, 6) is 0.555. The van der Waals surface area contributed by atoms with Crippen LogP contribution < -0.4 is 5.32 Å². The SMILES string of the molecule is CC(C)(C)OC(=O)NCC1CCC(OCCCCBr)CC1. The Balaban J connectivity index is 2.09. The van der Waals surface area contributed by atoms with E-state index in [1.54, 1.807) is 0 Å². The fraction of sp³-hybridized carbons (Fsp3) is 0.938. The monoisotopic (exact) mass is 363 g/mol. The molecule has 1 fully saturated rings. The summed E-state index contributed by atoms with van der Waals surface area (Å²) in [5, 5.41) is 3.93. The minimum Gasteiger partial charge on any atom is -0.444 e. The van der Waals surface area contributed by atoms with E-state index in [1.165, 1.54) is 6.42 Å². The molecule has 0 aromatic rings. The summed E-state index contributed by atoms with van der Waals surface area (Å²) < 4.78 is 11.1. The van der Waals surface area contributed by atoms with Crippen LogP contribution in [0.25, 0.3) is 0 Å². The van der Waals surface area contributed by atoms with Crippen LogP contribution in [-0.4, -0.2) is 36.3 Å². The maximum absolute atomic E-state index is 11.6. The fourth-order valence-corrected chi connectivity index (χ4v) is 2.89. The predicted octanol–water partition coefficient (Wildman–Crippen LogP) is 4.26. The number of ether oxygens (including phenoxy) is 2. The van der Waals surface area contributed by atoms with Crippen molar-refractivity contribution in [3.8, 4) is 0 Å². The second kappa shape index (κ2) is 9.67. The van der Waals surface area contributed by atoms with Gasteiger partial charge in [-0.15, -0.1) is 0 Å². The summed E-state index contributed by atoms with van der Waals surface area (Å²) in [5.41, 5.74) is -0.426. The van der Waals surface area contributed by atoms with Gasteiger partial charge in [-0.2, -0.15) is 0 Å². The van der Waals surface area contributed by atoms with E-state index >= 15 is 0 Å². The molecule has 4 nitrogen and oxygen atoms in total. The Morgan fingerprint density at radius 2 is 1.86 bits per heavy atom. The number of alkyl halides is 1. The van der Waals surface area contributed by atoms with E-state index in [-0.39, 0.29) is 6.09 Å². The van der Waals surface area contributed by atoms with Gasteiger partial charge in [0.25, 0.3) is 0 Å². The maximum Gasteiger partial charge on any atom is 0.407 e. The molecule has 0 saturated heterocycles. The lowest BCUT2D eigenvalue weighted by Gasteiger charge is -2.29. The van der Waals surface area contributed by atoms with Crippen molar-refractivity contribution in [3.05, 3.63) is 0 Å². The Morgan fingerprint density at radius 3 is 2.43 bits per heavy atom. The van der Waals surface area contributed by atoms with Crippen LogP contribution in [-0.2, 0) is 9.47 Å². The molecule has 0 bridgehead atoms. The van der Waals surface area contributed by atoms with Crippen LogP contribution in [0.2, 0.25) is 0 Å². The van der Waals surface area contributed by atoms with E-state index < -0.39 is 5.60 Å². The van der Waals surface area contributed by atoms with Gasteiger partial charge in [-0.3, -0.25) is 0 Å². The number of hydrogen-bond donors (Lipinski definition) is 1. The average molecular weight is 364 g/mol. The molecule has 1 rings (SSSR count). The zero-order valence-corrected chi connectivity index (χ0v) is 15.2. The minimum absolute atomic E-state index is 0.310. The number of nitrogens with one attached hydrogen (secondary N) is 1. The van der Waals surface area contributed by atoms with Crippen molar-refractivity contribution in [1.29, 1.82) is 0 Å². The third kappa shape index (κ3) is 9.35. The third-order valence-corrected chi connectivity index (χ3v) is 4.17. The summed E-state index contributed by atoms with van der Waals surface area (Å²) in [4.78, 5) is 11.6. The first-order chi connectivity index (χ1) is 9.90. The molecule has 1 N–H and O–H groups in total. The van der Waals surface area contributed by atoms with Gasteiger partial charge >= 0.3 is 6.09 Å². The summed E-state index contributed by atoms with van der Waals surface area (Å²) in [6.07, 6.45) is 6.87. The molecule has 5 heteroatoms. The molecule has 0 radical (unpaired) electrons. The summed E-state index contributed by atoms with van der Waals surface area (Å²) in [6.45, 7) is 7.22. The third-order valence-electron chi connectivity index (χ3n) is 3.61. The van der Waals surface area contributed by atoms with E-state index in [2.05, 4.69) is 21.2 Å². The van der Waals surface area contributed by atoms with E-state index in [1.807, 2.05) is 20.8 Å². The fourth-order valence-electron chi connectivity index (χ4n) is 2.49. The molecule has 1 amide bonds. The van der Waals surface area contributed by atoms with Crippen molar-refractivity contribution in [2.24, 2.45) is 5.92 Å². The van der Waals surface area contributed by atoms with Crippen LogP contribution in [0.5, 0.6) is 0 Å². The van der Waals surface area contributed by atoms with Crippen molar-refractivity contribution < 1.29 is 14.3 Å². The molecular weight excluding hydrogens is 334 g/mol. The molecule has 0 atom stereocenters. The number of alkyl carbamates (subject to hydrolysis) is 1. The highest BCUT2D eigenvalue weighted by atomic mass is 79.9. The zero-order valence-electron chi connectivity index (χ0n) is 13.6. The lowest BCUT2D eigenvalue weighted by Crippen LogP contribution is -2.36. The maximum atomic E-state index is 11.6. The normalized spacial score (nSPS) is 22.9. The van der Waals surface area contributed by atoms with Gasteiger partial charge in [-0.05, 0) is 65.2 Å². The standard InChI is InChI=1S/C16H30BrNO3/c1-16(2,3)21-15(19)18-12-13-6-8-14(9-7-13)20-11-5-4-10-17/h13-14H,4-12H2,1-3H3,(H,18,19). The average Bonchev–Trinajstić information content (AvgIpc) is 2.41. The molecule has 1 aliphatic rings. The molecule has 124 valence electrons. The molecule has 0 unspecified atom stereocenters. The molecule has 1 aliphatic carbocycles. The first-order valence-electron chi connectivity index (χ1n) is 8.05. The van der Waals surface area contributed by atoms with Crippen molar-refractivity contribution >= 4 is 22.0 Å². The molecule has 21 heavy (non-hydrogen) atoms. The van der Waals surface area contributed by atoms with Gasteiger partial charge in [0.1, 0.15) is 5.60 Å². The number of carbonyl (C=O) groups is 1. The largest absolute Gasteiger partial charge is 0.444 e. The summed E-state index contributed by atoms with van der Waals surface area (Å²) in [7, 11) is 0. The van der Waals surface area contributed by atoms with Crippen molar-refractivity contribution in [1.82, 2.24) is 5.32 Å². The van der Waals surface area contributed by atoms with Gasteiger partial charge in [0.05, 0.1) is 6.10 Å². The molecule has 0 heterocycles. The highest BCUT2D eigenvalue weighted by Crippen LogP contribution is 2.26. The van der Waals surface area contributed by atoms with E-state index in [0.29, 0.717) is 18.6 Å². The number of rotatable bonds is 7. The Labute approximate surface area is 137 Å². The van der Waals surface area contributed by atoms with Gasteiger partial charge in [-0.25, -0.2) is 4.79 Å². The quantitative estimate of drug-likeness (QED) is 0.542. The van der Waals surface area contributed by atoms with E-state index in [0.717, 1.165) is 44.0 Å². The summed E-state index contributed by atoms with van der Waals surface area (Å²) in [6, 6.07) is 0. The first-order valence-corrected chi connectivity index (χ1v) is 9.17. The molecular formula is C16H30BrNO3. The second-order valence-electron chi connectivity index (χ2n) is 6.79.